The second-order valence-corrected chi connectivity index (χ2v) is 7.45. The maximum absolute atomic E-state index is 12.3. The number of hydrogen-bond donors (Lipinski definition) is 1. The zero-order valence-corrected chi connectivity index (χ0v) is 14.1. The van der Waals surface area contributed by atoms with Gasteiger partial charge >= 0.3 is 0 Å². The summed E-state index contributed by atoms with van der Waals surface area (Å²) in [4.78, 5) is 0.234. The van der Waals surface area contributed by atoms with Crippen LogP contribution >= 0.6 is 11.6 Å². The summed E-state index contributed by atoms with van der Waals surface area (Å²) in [7, 11) is -1.90. The van der Waals surface area contributed by atoms with Gasteiger partial charge in [-0.15, -0.1) is 0 Å². The minimum atomic E-state index is -3.47. The van der Waals surface area contributed by atoms with Crippen molar-refractivity contribution in [3.63, 3.8) is 0 Å². The first-order chi connectivity index (χ1) is 9.30. The van der Waals surface area contributed by atoms with Gasteiger partial charge in [0.1, 0.15) is 0 Å². The number of nitrogens with zero attached hydrogens (tertiary/aromatic N) is 1. The summed E-state index contributed by atoms with van der Waals surface area (Å²) in [5.41, 5.74) is 0.909. The summed E-state index contributed by atoms with van der Waals surface area (Å²) in [5, 5.41) is 3.73. The van der Waals surface area contributed by atoms with E-state index >= 15 is 0 Å². The molecule has 20 heavy (non-hydrogen) atoms. The Morgan fingerprint density at radius 1 is 1.35 bits per heavy atom. The maximum Gasteiger partial charge on any atom is 0.243 e. The predicted molar refractivity (Wildman–Crippen MR) is 83.5 cm³/mol. The molecule has 0 aliphatic rings. The molecule has 0 amide bonds. The first-order valence-corrected chi connectivity index (χ1v) is 8.59. The van der Waals surface area contributed by atoms with E-state index in [1.54, 1.807) is 19.2 Å². The highest BCUT2D eigenvalue weighted by atomic mass is 35.5. The van der Waals surface area contributed by atoms with E-state index in [2.05, 4.69) is 12.2 Å². The fourth-order valence-electron chi connectivity index (χ4n) is 1.68. The molecule has 1 aromatic carbocycles. The van der Waals surface area contributed by atoms with Gasteiger partial charge in [0.2, 0.25) is 10.0 Å². The van der Waals surface area contributed by atoms with Crippen LogP contribution in [0, 0.1) is 0 Å². The Balaban J connectivity index is 2.97. The van der Waals surface area contributed by atoms with Gasteiger partial charge in [-0.05, 0) is 44.5 Å². The largest absolute Gasteiger partial charge is 0.313 e. The van der Waals surface area contributed by atoms with Crippen molar-refractivity contribution in [1.82, 2.24) is 9.62 Å². The minimum Gasteiger partial charge on any atom is -0.313 e. The van der Waals surface area contributed by atoms with E-state index in [4.69, 9.17) is 11.6 Å². The lowest BCUT2D eigenvalue weighted by Crippen LogP contribution is -2.33. The van der Waals surface area contributed by atoms with Crippen LogP contribution in [0.2, 0.25) is 5.02 Å². The number of sulfonamides is 1. The summed E-state index contributed by atoms with van der Waals surface area (Å²) in [6.45, 7) is 7.32. The van der Waals surface area contributed by atoms with E-state index in [1.807, 2.05) is 13.8 Å². The number of halogens is 1. The summed E-state index contributed by atoms with van der Waals surface area (Å²) in [5.74, 6) is 0. The molecule has 6 heteroatoms. The summed E-state index contributed by atoms with van der Waals surface area (Å²) in [6, 6.07) is 4.82. The third kappa shape index (κ3) is 4.19. The second-order valence-electron chi connectivity index (χ2n) is 5.04. The lowest BCUT2D eigenvalue weighted by molar-refractivity contribution is 0.410. The molecule has 4 nitrogen and oxygen atoms in total. The maximum atomic E-state index is 12.3. The van der Waals surface area contributed by atoms with E-state index in [0.717, 1.165) is 18.5 Å². The normalized spacial score (nSPS) is 12.3. The molecule has 0 aliphatic carbocycles. The van der Waals surface area contributed by atoms with Crippen LogP contribution in [0.3, 0.4) is 0 Å². The molecule has 114 valence electrons. The third-order valence-corrected chi connectivity index (χ3v) is 5.55. The Morgan fingerprint density at radius 2 is 2.00 bits per heavy atom. The topological polar surface area (TPSA) is 49.4 Å². The van der Waals surface area contributed by atoms with Crippen molar-refractivity contribution in [2.24, 2.45) is 0 Å². The van der Waals surface area contributed by atoms with Gasteiger partial charge in [-0.3, -0.25) is 0 Å². The van der Waals surface area contributed by atoms with Gasteiger partial charge in [-0.1, -0.05) is 24.6 Å². The highest BCUT2D eigenvalue weighted by Gasteiger charge is 2.23. The molecular weight excluding hydrogens is 296 g/mol. The molecule has 0 atom stereocenters. The van der Waals surface area contributed by atoms with E-state index in [0.29, 0.717) is 11.6 Å². The molecule has 0 bridgehead atoms. The van der Waals surface area contributed by atoms with E-state index < -0.39 is 10.0 Å². The molecule has 1 N–H and O–H groups in total. The van der Waals surface area contributed by atoms with Crippen molar-refractivity contribution in [2.45, 2.75) is 44.7 Å². The number of nitrogens with one attached hydrogen (secondary N) is 1. The zero-order chi connectivity index (χ0) is 15.3. The Hall–Kier alpha value is -0.620. The summed E-state index contributed by atoms with van der Waals surface area (Å²) >= 11 is 6.18. The first kappa shape index (κ1) is 17.4. The van der Waals surface area contributed by atoms with Gasteiger partial charge in [-0.25, -0.2) is 8.42 Å². The highest BCUT2D eigenvalue weighted by molar-refractivity contribution is 7.89. The molecule has 0 aliphatic heterocycles. The molecule has 0 saturated carbocycles. The Morgan fingerprint density at radius 3 is 2.50 bits per heavy atom. The van der Waals surface area contributed by atoms with E-state index in [9.17, 15) is 8.42 Å². The zero-order valence-electron chi connectivity index (χ0n) is 12.5. The van der Waals surface area contributed by atoms with Crippen LogP contribution in [-0.2, 0) is 16.6 Å². The summed E-state index contributed by atoms with van der Waals surface area (Å²) < 4.78 is 26.0. The van der Waals surface area contributed by atoms with Gasteiger partial charge < -0.3 is 5.32 Å². The SMILES string of the molecule is CCCNCc1ccc(S(=O)(=O)N(C)C(C)C)cc1Cl. The van der Waals surface area contributed by atoms with Gasteiger partial charge in [0.25, 0.3) is 0 Å². The van der Waals surface area contributed by atoms with Crippen LogP contribution in [0.25, 0.3) is 0 Å². The van der Waals surface area contributed by atoms with Crippen LogP contribution in [0.1, 0.15) is 32.8 Å². The lowest BCUT2D eigenvalue weighted by Gasteiger charge is -2.21. The van der Waals surface area contributed by atoms with E-state index in [1.165, 1.54) is 10.4 Å². The standard InChI is InChI=1S/C14H23ClN2O2S/c1-5-8-16-10-12-6-7-13(9-14(12)15)20(18,19)17(4)11(2)3/h6-7,9,11,16H,5,8,10H2,1-4H3. The average Bonchev–Trinajstić information content (AvgIpc) is 2.39. The number of benzene rings is 1. The van der Waals surface area contributed by atoms with Gasteiger partial charge in [-0.2, -0.15) is 4.31 Å². The predicted octanol–water partition coefficient (Wildman–Crippen LogP) is 2.87. The van der Waals surface area contributed by atoms with Crippen molar-refractivity contribution >= 4 is 21.6 Å². The fourth-order valence-corrected chi connectivity index (χ4v) is 3.38. The van der Waals surface area contributed by atoms with Crippen LogP contribution in [0.4, 0.5) is 0 Å². The molecule has 1 aromatic rings. The molecule has 0 fully saturated rings. The molecular formula is C14H23ClN2O2S. The minimum absolute atomic E-state index is 0.0929. The Kier molecular flexibility index (Phi) is 6.45. The van der Waals surface area contributed by atoms with Crippen molar-refractivity contribution in [1.29, 1.82) is 0 Å². The molecule has 0 saturated heterocycles. The number of hydrogen-bond acceptors (Lipinski definition) is 3. The number of rotatable bonds is 7. The fraction of sp³-hybridized carbons (Fsp3) is 0.571. The Labute approximate surface area is 127 Å². The van der Waals surface area contributed by atoms with Gasteiger partial charge in [0, 0.05) is 24.7 Å². The van der Waals surface area contributed by atoms with Gasteiger partial charge in [0.15, 0.2) is 0 Å². The van der Waals surface area contributed by atoms with Crippen molar-refractivity contribution in [2.75, 3.05) is 13.6 Å². The second kappa shape index (κ2) is 7.41. The molecule has 0 unspecified atom stereocenters. The monoisotopic (exact) mass is 318 g/mol. The van der Waals surface area contributed by atoms with Crippen LogP contribution < -0.4 is 5.32 Å². The van der Waals surface area contributed by atoms with Crippen molar-refractivity contribution in [3.05, 3.63) is 28.8 Å². The van der Waals surface area contributed by atoms with Crippen molar-refractivity contribution in [3.8, 4) is 0 Å². The molecule has 0 heterocycles. The van der Waals surface area contributed by atoms with Crippen molar-refractivity contribution < 1.29 is 8.42 Å². The third-order valence-electron chi connectivity index (χ3n) is 3.17. The molecule has 0 aromatic heterocycles. The van der Waals surface area contributed by atoms with Crippen LogP contribution in [0.5, 0.6) is 0 Å². The first-order valence-electron chi connectivity index (χ1n) is 6.77. The van der Waals surface area contributed by atoms with E-state index in [-0.39, 0.29) is 10.9 Å². The highest BCUT2D eigenvalue weighted by Crippen LogP contribution is 2.23. The molecule has 0 radical (unpaired) electrons. The van der Waals surface area contributed by atoms with Gasteiger partial charge in [0.05, 0.1) is 4.90 Å². The molecule has 1 rings (SSSR count). The quantitative estimate of drug-likeness (QED) is 0.786. The van der Waals surface area contributed by atoms with Crippen LogP contribution in [-0.4, -0.2) is 32.4 Å². The molecule has 0 spiro atoms. The smallest absolute Gasteiger partial charge is 0.243 e. The average molecular weight is 319 g/mol. The lowest BCUT2D eigenvalue weighted by atomic mass is 10.2. The Bertz CT molecular complexity index is 544. The summed E-state index contributed by atoms with van der Waals surface area (Å²) in [6.07, 6.45) is 1.04. The van der Waals surface area contributed by atoms with Crippen LogP contribution in [0.15, 0.2) is 23.1 Å².